The number of nitrogens with zero attached hydrogens (tertiary/aromatic N) is 1. The first-order chi connectivity index (χ1) is 11.2. The number of aromatic amines is 1. The van der Waals surface area contributed by atoms with Crippen molar-refractivity contribution < 1.29 is 4.74 Å². The quantitative estimate of drug-likeness (QED) is 0.692. The van der Waals surface area contributed by atoms with E-state index in [4.69, 9.17) is 4.74 Å². The lowest BCUT2D eigenvalue weighted by Crippen LogP contribution is -2.15. The molecule has 1 aliphatic rings. The Morgan fingerprint density at radius 1 is 1.17 bits per heavy atom. The molecule has 0 amide bonds. The minimum atomic E-state index is -0.383. The van der Waals surface area contributed by atoms with E-state index in [0.29, 0.717) is 17.5 Å². The summed E-state index contributed by atoms with van der Waals surface area (Å²) >= 11 is 0. The van der Waals surface area contributed by atoms with Crippen LogP contribution in [0.4, 0.5) is 11.5 Å². The van der Waals surface area contributed by atoms with Gasteiger partial charge in [-0.15, -0.1) is 0 Å². The molecule has 0 spiro atoms. The van der Waals surface area contributed by atoms with Gasteiger partial charge in [-0.1, -0.05) is 39.2 Å². The third-order valence-corrected chi connectivity index (χ3v) is 4.26. The summed E-state index contributed by atoms with van der Waals surface area (Å²) in [6.45, 7) is 4.45. The van der Waals surface area contributed by atoms with Crippen molar-refractivity contribution in [1.82, 2.24) is 9.97 Å². The number of anilines is 2. The highest BCUT2D eigenvalue weighted by Crippen LogP contribution is 2.41. The van der Waals surface area contributed by atoms with Crippen LogP contribution in [-0.2, 0) is 0 Å². The molecule has 0 bridgehead atoms. The van der Waals surface area contributed by atoms with E-state index in [2.05, 4.69) is 41.3 Å². The number of aromatic nitrogens is 2. The molecule has 5 nitrogen and oxygen atoms in total. The van der Waals surface area contributed by atoms with Gasteiger partial charge in [0.05, 0.1) is 11.9 Å². The summed E-state index contributed by atoms with van der Waals surface area (Å²) in [5, 5.41) is 3.22. The summed E-state index contributed by atoms with van der Waals surface area (Å²) in [5.41, 5.74) is 1.82. The fraction of sp³-hybridized carbons (Fsp3) is 0.444. The molecule has 2 heterocycles. The highest BCUT2D eigenvalue weighted by Gasteiger charge is 2.20. The van der Waals surface area contributed by atoms with E-state index >= 15 is 0 Å². The van der Waals surface area contributed by atoms with Crippen molar-refractivity contribution in [1.29, 1.82) is 0 Å². The summed E-state index contributed by atoms with van der Waals surface area (Å²) in [4.78, 5) is 17.8. The average Bonchev–Trinajstić information content (AvgIpc) is 2.56. The molecule has 3 rings (SSSR count). The number of fused-ring (bicyclic) bond motifs is 2. The Hall–Kier alpha value is -2.30. The molecule has 2 N–H and O–H groups in total. The average molecular weight is 313 g/mol. The zero-order valence-corrected chi connectivity index (χ0v) is 13.7. The van der Waals surface area contributed by atoms with Gasteiger partial charge in [0.25, 0.3) is 0 Å². The lowest BCUT2D eigenvalue weighted by atomic mass is 9.89. The molecule has 1 aromatic carbocycles. The Kier molecular flexibility index (Phi) is 4.65. The zero-order chi connectivity index (χ0) is 16.2. The maximum atomic E-state index is 11.4. The fourth-order valence-corrected chi connectivity index (χ4v) is 3.06. The van der Waals surface area contributed by atoms with Gasteiger partial charge in [0.2, 0.25) is 0 Å². The second kappa shape index (κ2) is 6.86. The van der Waals surface area contributed by atoms with Crippen LogP contribution in [0, 0.1) is 0 Å². The van der Waals surface area contributed by atoms with Crippen LogP contribution >= 0.6 is 0 Å². The second-order valence-electron chi connectivity index (χ2n) is 6.03. The molecular weight excluding hydrogens is 290 g/mol. The topological polar surface area (TPSA) is 67.0 Å². The van der Waals surface area contributed by atoms with Gasteiger partial charge < -0.3 is 15.0 Å². The number of hydrogen-bond acceptors (Lipinski definition) is 4. The molecule has 0 saturated heterocycles. The highest BCUT2D eigenvalue weighted by molar-refractivity contribution is 5.73. The van der Waals surface area contributed by atoms with E-state index in [-0.39, 0.29) is 5.69 Å². The summed E-state index contributed by atoms with van der Waals surface area (Å²) in [7, 11) is 0. The Morgan fingerprint density at radius 3 is 2.83 bits per heavy atom. The van der Waals surface area contributed by atoms with E-state index < -0.39 is 0 Å². The van der Waals surface area contributed by atoms with Gasteiger partial charge in [0.1, 0.15) is 0 Å². The third kappa shape index (κ3) is 3.38. The van der Waals surface area contributed by atoms with Crippen molar-refractivity contribution in [3.05, 3.63) is 40.4 Å². The van der Waals surface area contributed by atoms with E-state index in [1.54, 1.807) is 0 Å². The van der Waals surface area contributed by atoms with E-state index in [1.165, 1.54) is 43.9 Å². The number of rotatable bonds is 6. The van der Waals surface area contributed by atoms with E-state index in [0.717, 1.165) is 11.4 Å². The molecule has 1 atom stereocenters. The Bertz CT molecular complexity index is 739. The van der Waals surface area contributed by atoms with Gasteiger partial charge >= 0.3 is 5.69 Å². The maximum absolute atomic E-state index is 11.4. The lowest BCUT2D eigenvalue weighted by molar-refractivity contribution is 0.473. The molecule has 1 aliphatic heterocycles. The molecule has 1 unspecified atom stereocenters. The van der Waals surface area contributed by atoms with Crippen LogP contribution in [0.1, 0.15) is 57.4 Å². The van der Waals surface area contributed by atoms with Gasteiger partial charge in [0.15, 0.2) is 17.3 Å². The monoisotopic (exact) mass is 313 g/mol. The van der Waals surface area contributed by atoms with Gasteiger partial charge in [-0.2, -0.15) is 4.98 Å². The first kappa shape index (κ1) is 15.6. The fourth-order valence-electron chi connectivity index (χ4n) is 3.06. The number of nitrogens with one attached hydrogen (secondary N) is 2. The predicted octanol–water partition coefficient (Wildman–Crippen LogP) is 4.69. The van der Waals surface area contributed by atoms with Crippen LogP contribution in [-0.4, -0.2) is 9.97 Å². The number of hydrogen-bond donors (Lipinski definition) is 2. The van der Waals surface area contributed by atoms with Gasteiger partial charge in [-0.3, -0.25) is 0 Å². The third-order valence-electron chi connectivity index (χ3n) is 4.26. The summed E-state index contributed by atoms with van der Waals surface area (Å²) in [6.07, 6.45) is 7.56. The molecule has 0 aliphatic carbocycles. The van der Waals surface area contributed by atoms with E-state index in [9.17, 15) is 4.79 Å². The Balaban J connectivity index is 1.87. The molecule has 1 aromatic heterocycles. The van der Waals surface area contributed by atoms with E-state index in [1.807, 2.05) is 6.07 Å². The van der Waals surface area contributed by atoms with Gasteiger partial charge in [-0.25, -0.2) is 4.79 Å². The Morgan fingerprint density at radius 2 is 2.04 bits per heavy atom. The summed E-state index contributed by atoms with van der Waals surface area (Å²) in [5.74, 6) is 2.35. The molecule has 2 aromatic rings. The molecule has 23 heavy (non-hydrogen) atoms. The van der Waals surface area contributed by atoms with Crippen molar-refractivity contribution in [2.24, 2.45) is 0 Å². The highest BCUT2D eigenvalue weighted by atomic mass is 16.5. The lowest BCUT2D eigenvalue weighted by Gasteiger charge is -2.23. The molecular formula is C18H23N3O2. The van der Waals surface area contributed by atoms with Crippen LogP contribution in [0.5, 0.6) is 11.5 Å². The summed E-state index contributed by atoms with van der Waals surface area (Å²) < 4.78 is 5.81. The maximum Gasteiger partial charge on any atom is 0.347 e. The number of unbranched alkanes of at least 4 members (excludes halogenated alkanes) is 1. The van der Waals surface area contributed by atoms with Crippen LogP contribution in [0.15, 0.2) is 29.2 Å². The number of benzene rings is 1. The molecule has 5 heteroatoms. The second-order valence-corrected chi connectivity index (χ2v) is 6.03. The summed E-state index contributed by atoms with van der Waals surface area (Å²) in [6, 6.07) is 6.29. The van der Waals surface area contributed by atoms with Gasteiger partial charge in [-0.05, 0) is 36.5 Å². The van der Waals surface area contributed by atoms with Crippen LogP contribution < -0.4 is 15.7 Å². The normalized spacial score (nSPS) is 13.5. The Labute approximate surface area is 136 Å². The smallest absolute Gasteiger partial charge is 0.347 e. The molecule has 0 saturated carbocycles. The van der Waals surface area contributed by atoms with Gasteiger partial charge in [0, 0.05) is 0 Å². The zero-order valence-electron chi connectivity index (χ0n) is 13.7. The molecule has 0 radical (unpaired) electrons. The van der Waals surface area contributed by atoms with Crippen molar-refractivity contribution in [3.8, 4) is 11.5 Å². The minimum absolute atomic E-state index is 0.383. The standard InChI is InChI=1S/C18H23N3O2/c1-3-5-7-12(6-4-2)13-8-9-15-14(10-13)20-17-16(23-15)11-19-18(22)21-17/h8-12H,3-7H2,1-2H3,(H2,19,20,21,22). The van der Waals surface area contributed by atoms with Crippen LogP contribution in [0.3, 0.4) is 0 Å². The first-order valence-electron chi connectivity index (χ1n) is 8.39. The largest absolute Gasteiger partial charge is 0.450 e. The van der Waals surface area contributed by atoms with Crippen LogP contribution in [0.2, 0.25) is 0 Å². The van der Waals surface area contributed by atoms with Crippen molar-refractivity contribution in [2.45, 2.75) is 51.9 Å². The number of ether oxygens (including phenoxy) is 1. The molecule has 122 valence electrons. The van der Waals surface area contributed by atoms with Crippen molar-refractivity contribution in [3.63, 3.8) is 0 Å². The molecule has 0 fully saturated rings. The number of H-pyrrole nitrogens is 1. The SMILES string of the molecule is CCCCC(CCC)c1ccc2c(c1)Nc1nc(=O)[nH]cc1O2. The predicted molar refractivity (Wildman–Crippen MR) is 91.8 cm³/mol. The van der Waals surface area contributed by atoms with Crippen LogP contribution in [0.25, 0.3) is 0 Å². The minimum Gasteiger partial charge on any atom is -0.450 e. The van der Waals surface area contributed by atoms with Crippen molar-refractivity contribution in [2.75, 3.05) is 5.32 Å². The van der Waals surface area contributed by atoms with Crippen molar-refractivity contribution >= 4 is 11.5 Å². The first-order valence-corrected chi connectivity index (χ1v) is 8.39.